The highest BCUT2D eigenvalue weighted by Crippen LogP contribution is 2.32. The number of ether oxygens (including phenoxy) is 1. The third-order valence-electron chi connectivity index (χ3n) is 3.82. The van der Waals surface area contributed by atoms with Gasteiger partial charge in [-0.1, -0.05) is 31.0 Å². The molecule has 19 heavy (non-hydrogen) atoms. The van der Waals surface area contributed by atoms with E-state index in [-0.39, 0.29) is 18.1 Å². The summed E-state index contributed by atoms with van der Waals surface area (Å²) in [5, 5.41) is 2.87. The fourth-order valence-electron chi connectivity index (χ4n) is 2.54. The summed E-state index contributed by atoms with van der Waals surface area (Å²) in [6, 6.07) is 7.71. The van der Waals surface area contributed by atoms with Crippen molar-refractivity contribution in [2.75, 3.05) is 18.5 Å². The summed E-state index contributed by atoms with van der Waals surface area (Å²) in [7, 11) is 0. The molecule has 1 aromatic carbocycles. The van der Waals surface area contributed by atoms with E-state index in [2.05, 4.69) is 5.32 Å². The number of benzene rings is 1. The van der Waals surface area contributed by atoms with Gasteiger partial charge in [-0.2, -0.15) is 0 Å². The van der Waals surface area contributed by atoms with Gasteiger partial charge in [-0.15, -0.1) is 0 Å². The summed E-state index contributed by atoms with van der Waals surface area (Å²) >= 11 is 0. The Bertz CT molecular complexity index is 440. The number of rotatable bonds is 5. The number of nitrogens with two attached hydrogens (primary N) is 1. The fourth-order valence-corrected chi connectivity index (χ4v) is 2.54. The van der Waals surface area contributed by atoms with Crippen LogP contribution in [0.25, 0.3) is 0 Å². The number of hydrogen-bond donors (Lipinski definition) is 2. The minimum Gasteiger partial charge on any atom is -0.364 e. The molecule has 0 unspecified atom stereocenters. The molecule has 0 saturated heterocycles. The van der Waals surface area contributed by atoms with Gasteiger partial charge >= 0.3 is 0 Å². The predicted octanol–water partition coefficient (Wildman–Crippen LogP) is 2.22. The Kier molecular flexibility index (Phi) is 4.56. The first-order valence-electron chi connectivity index (χ1n) is 6.85. The smallest absolute Gasteiger partial charge is 0.250 e. The van der Waals surface area contributed by atoms with Gasteiger partial charge in [0.25, 0.3) is 0 Å². The second-order valence-electron chi connectivity index (χ2n) is 5.25. The van der Waals surface area contributed by atoms with Crippen LogP contribution in [0, 0.1) is 6.92 Å². The molecule has 1 aliphatic rings. The Labute approximate surface area is 114 Å². The van der Waals surface area contributed by atoms with Crippen LogP contribution in [-0.4, -0.2) is 24.7 Å². The maximum atomic E-state index is 11.9. The highest BCUT2D eigenvalue weighted by molar-refractivity contribution is 5.92. The summed E-state index contributed by atoms with van der Waals surface area (Å²) in [6.07, 6.45) is 4.19. The van der Waals surface area contributed by atoms with Crippen LogP contribution in [0.5, 0.6) is 0 Å². The van der Waals surface area contributed by atoms with E-state index in [1.54, 1.807) is 0 Å². The van der Waals surface area contributed by atoms with E-state index < -0.39 is 0 Å². The molecule has 4 heteroatoms. The van der Waals surface area contributed by atoms with Crippen molar-refractivity contribution in [2.45, 2.75) is 38.2 Å². The molecule has 0 heterocycles. The third-order valence-corrected chi connectivity index (χ3v) is 3.82. The topological polar surface area (TPSA) is 64.3 Å². The molecule has 3 N–H and O–H groups in total. The summed E-state index contributed by atoms with van der Waals surface area (Å²) in [5.74, 6) is -0.117. The van der Waals surface area contributed by atoms with Crippen molar-refractivity contribution >= 4 is 11.6 Å². The molecule has 0 aliphatic heterocycles. The number of aryl methyl sites for hydroxylation is 1. The molecule has 4 nitrogen and oxygen atoms in total. The minimum atomic E-state index is -0.275. The summed E-state index contributed by atoms with van der Waals surface area (Å²) in [4.78, 5) is 11.9. The normalized spacial score (nSPS) is 17.4. The van der Waals surface area contributed by atoms with Crippen LogP contribution < -0.4 is 11.1 Å². The molecule has 0 bridgehead atoms. The molecule has 1 amide bonds. The maximum Gasteiger partial charge on any atom is 0.250 e. The molecule has 104 valence electrons. The maximum absolute atomic E-state index is 11.9. The van der Waals surface area contributed by atoms with Crippen LogP contribution >= 0.6 is 0 Å². The zero-order valence-electron chi connectivity index (χ0n) is 11.4. The second kappa shape index (κ2) is 6.17. The van der Waals surface area contributed by atoms with E-state index in [1.807, 2.05) is 31.2 Å². The Hall–Kier alpha value is -1.39. The van der Waals surface area contributed by atoms with Gasteiger partial charge in [0.2, 0.25) is 5.91 Å². The van der Waals surface area contributed by atoms with Crippen LogP contribution in [0.1, 0.15) is 31.2 Å². The van der Waals surface area contributed by atoms with Crippen molar-refractivity contribution in [1.82, 2.24) is 0 Å². The molecule has 0 aromatic heterocycles. The lowest BCUT2D eigenvalue weighted by molar-refractivity contribution is -0.127. The molecule has 2 rings (SSSR count). The molecule has 1 saturated carbocycles. The number of carbonyl (C=O) groups is 1. The average molecular weight is 262 g/mol. The molecule has 0 radical (unpaired) electrons. The van der Waals surface area contributed by atoms with E-state index in [4.69, 9.17) is 10.5 Å². The first-order chi connectivity index (χ1) is 9.15. The molecule has 1 aromatic rings. The zero-order valence-corrected chi connectivity index (χ0v) is 11.4. The van der Waals surface area contributed by atoms with Gasteiger partial charge in [-0.25, -0.2) is 0 Å². The lowest BCUT2D eigenvalue weighted by Gasteiger charge is -2.27. The standard InChI is InChI=1S/C15H22N2O2/c1-12-6-2-3-7-13(12)17-14(18)10-19-15(11-16)8-4-5-9-15/h2-3,6-7H,4-5,8-11,16H2,1H3,(H,17,18). The summed E-state index contributed by atoms with van der Waals surface area (Å²) in [6.45, 7) is 2.53. The Balaban J connectivity index is 1.86. The van der Waals surface area contributed by atoms with Crippen molar-refractivity contribution in [3.05, 3.63) is 29.8 Å². The number of carbonyl (C=O) groups excluding carboxylic acids is 1. The monoisotopic (exact) mass is 262 g/mol. The summed E-state index contributed by atoms with van der Waals surface area (Å²) in [5.41, 5.74) is 7.38. The summed E-state index contributed by atoms with van der Waals surface area (Å²) < 4.78 is 5.78. The van der Waals surface area contributed by atoms with E-state index in [1.165, 1.54) is 0 Å². The van der Waals surface area contributed by atoms with Gasteiger partial charge in [0.1, 0.15) is 6.61 Å². The Morgan fingerprint density at radius 3 is 2.68 bits per heavy atom. The Morgan fingerprint density at radius 1 is 1.37 bits per heavy atom. The highest BCUT2D eigenvalue weighted by atomic mass is 16.5. The second-order valence-corrected chi connectivity index (χ2v) is 5.25. The van der Waals surface area contributed by atoms with Gasteiger partial charge in [-0.3, -0.25) is 4.79 Å². The molecule has 0 atom stereocenters. The predicted molar refractivity (Wildman–Crippen MR) is 76.0 cm³/mol. The van der Waals surface area contributed by atoms with Crippen molar-refractivity contribution in [2.24, 2.45) is 5.73 Å². The number of nitrogens with one attached hydrogen (secondary N) is 1. The average Bonchev–Trinajstić information content (AvgIpc) is 2.89. The number of para-hydroxylation sites is 1. The lowest BCUT2D eigenvalue weighted by Crippen LogP contribution is -2.40. The van der Waals surface area contributed by atoms with Crippen LogP contribution in [0.2, 0.25) is 0 Å². The zero-order chi connectivity index (χ0) is 13.7. The van der Waals surface area contributed by atoms with Gasteiger partial charge in [0, 0.05) is 12.2 Å². The molecule has 0 spiro atoms. The number of amides is 1. The van der Waals surface area contributed by atoms with Crippen LogP contribution in [-0.2, 0) is 9.53 Å². The SMILES string of the molecule is Cc1ccccc1NC(=O)COC1(CN)CCCC1. The quantitative estimate of drug-likeness (QED) is 0.855. The molecular weight excluding hydrogens is 240 g/mol. The molecule has 1 aliphatic carbocycles. The number of anilines is 1. The van der Waals surface area contributed by atoms with Crippen molar-refractivity contribution in [1.29, 1.82) is 0 Å². The first-order valence-corrected chi connectivity index (χ1v) is 6.85. The van der Waals surface area contributed by atoms with Gasteiger partial charge in [-0.05, 0) is 31.4 Å². The van der Waals surface area contributed by atoms with Crippen LogP contribution in [0.15, 0.2) is 24.3 Å². The molecule has 1 fully saturated rings. The van der Waals surface area contributed by atoms with E-state index >= 15 is 0 Å². The number of hydrogen-bond acceptors (Lipinski definition) is 3. The first kappa shape index (κ1) is 14.0. The highest BCUT2D eigenvalue weighted by Gasteiger charge is 2.33. The van der Waals surface area contributed by atoms with E-state index in [0.29, 0.717) is 6.54 Å². The lowest BCUT2D eigenvalue weighted by atomic mass is 10.0. The van der Waals surface area contributed by atoms with Crippen molar-refractivity contribution in [3.63, 3.8) is 0 Å². The largest absolute Gasteiger partial charge is 0.364 e. The van der Waals surface area contributed by atoms with Gasteiger partial charge < -0.3 is 15.8 Å². The molecular formula is C15H22N2O2. The third kappa shape index (κ3) is 3.55. The minimum absolute atomic E-state index is 0.0749. The van der Waals surface area contributed by atoms with Crippen LogP contribution in [0.4, 0.5) is 5.69 Å². The fraction of sp³-hybridized carbons (Fsp3) is 0.533. The van der Waals surface area contributed by atoms with Gasteiger partial charge in [0.05, 0.1) is 5.60 Å². The van der Waals surface area contributed by atoms with E-state index in [9.17, 15) is 4.79 Å². The van der Waals surface area contributed by atoms with Crippen molar-refractivity contribution < 1.29 is 9.53 Å². The van der Waals surface area contributed by atoms with E-state index in [0.717, 1.165) is 36.9 Å². The Morgan fingerprint density at radius 2 is 2.05 bits per heavy atom. The van der Waals surface area contributed by atoms with Crippen molar-refractivity contribution in [3.8, 4) is 0 Å². The van der Waals surface area contributed by atoms with Crippen LogP contribution in [0.3, 0.4) is 0 Å². The van der Waals surface area contributed by atoms with Gasteiger partial charge in [0.15, 0.2) is 0 Å².